The van der Waals surface area contributed by atoms with Crippen LogP contribution in [0.3, 0.4) is 0 Å². The van der Waals surface area contributed by atoms with Gasteiger partial charge in [-0.2, -0.15) is 0 Å². The standard InChI is InChI=1S/C20H23N5O2/c1-13-19(14(2)27-23-13)15-6-7-17(21-9-15)16-5-4-8-25(10-16)20(26)18-11-24(3)12-22-18/h6-7,9,11-12,16H,4-5,8,10H2,1-3H3/t16-/m1/s1. The minimum atomic E-state index is -0.00681. The molecule has 4 rings (SSSR count). The number of carbonyl (C=O) groups is 1. The Kier molecular flexibility index (Phi) is 4.51. The molecular formula is C20H23N5O2. The molecule has 7 nitrogen and oxygen atoms in total. The second-order valence-corrected chi connectivity index (χ2v) is 7.19. The third-order valence-corrected chi connectivity index (χ3v) is 5.16. The highest BCUT2D eigenvalue weighted by molar-refractivity contribution is 5.92. The Hall–Kier alpha value is -2.96. The number of piperidine rings is 1. The molecule has 1 aliphatic heterocycles. The zero-order chi connectivity index (χ0) is 19.0. The molecule has 0 aromatic carbocycles. The van der Waals surface area contributed by atoms with Crippen molar-refractivity contribution in [3.8, 4) is 11.1 Å². The average Bonchev–Trinajstić information content (AvgIpc) is 3.27. The van der Waals surface area contributed by atoms with Crippen molar-refractivity contribution in [1.29, 1.82) is 0 Å². The summed E-state index contributed by atoms with van der Waals surface area (Å²) in [7, 11) is 1.87. The largest absolute Gasteiger partial charge is 0.361 e. The van der Waals surface area contributed by atoms with Gasteiger partial charge >= 0.3 is 0 Å². The van der Waals surface area contributed by atoms with Crippen LogP contribution >= 0.6 is 0 Å². The predicted octanol–water partition coefficient (Wildman–Crippen LogP) is 3.11. The summed E-state index contributed by atoms with van der Waals surface area (Å²) in [6.07, 6.45) is 7.30. The zero-order valence-corrected chi connectivity index (χ0v) is 15.8. The van der Waals surface area contributed by atoms with E-state index in [1.165, 1.54) is 0 Å². The van der Waals surface area contributed by atoms with Crippen LogP contribution in [0.2, 0.25) is 0 Å². The van der Waals surface area contributed by atoms with Crippen molar-refractivity contribution < 1.29 is 9.32 Å². The molecule has 0 N–H and O–H groups in total. The van der Waals surface area contributed by atoms with Crippen molar-refractivity contribution >= 4 is 5.91 Å². The van der Waals surface area contributed by atoms with Crippen LogP contribution in [0.25, 0.3) is 11.1 Å². The van der Waals surface area contributed by atoms with E-state index in [1.807, 2.05) is 32.0 Å². The SMILES string of the molecule is Cc1noc(C)c1-c1ccc([C@@H]2CCCN(C(=O)c3cn(C)cn3)C2)nc1. The van der Waals surface area contributed by atoms with E-state index >= 15 is 0 Å². The van der Waals surface area contributed by atoms with Gasteiger partial charge in [-0.25, -0.2) is 4.98 Å². The van der Waals surface area contributed by atoms with Gasteiger partial charge in [0.05, 0.1) is 12.0 Å². The summed E-state index contributed by atoms with van der Waals surface area (Å²) in [5.74, 6) is 1.03. The molecule has 140 valence electrons. The number of rotatable bonds is 3. The van der Waals surface area contributed by atoms with Crippen molar-refractivity contribution in [2.45, 2.75) is 32.6 Å². The fourth-order valence-corrected chi connectivity index (χ4v) is 3.78. The molecule has 0 radical (unpaired) electrons. The topological polar surface area (TPSA) is 77.0 Å². The monoisotopic (exact) mass is 365 g/mol. The molecule has 0 aliphatic carbocycles. The maximum Gasteiger partial charge on any atom is 0.274 e. The van der Waals surface area contributed by atoms with Crippen molar-refractivity contribution in [2.75, 3.05) is 13.1 Å². The first-order valence-corrected chi connectivity index (χ1v) is 9.19. The van der Waals surface area contributed by atoms with Crippen LogP contribution in [-0.2, 0) is 7.05 Å². The number of hydrogen-bond acceptors (Lipinski definition) is 5. The van der Waals surface area contributed by atoms with E-state index < -0.39 is 0 Å². The van der Waals surface area contributed by atoms with Gasteiger partial charge in [0.15, 0.2) is 0 Å². The molecular weight excluding hydrogens is 342 g/mol. The van der Waals surface area contributed by atoms with E-state index in [9.17, 15) is 4.79 Å². The summed E-state index contributed by atoms with van der Waals surface area (Å²) in [5, 5.41) is 4.01. The smallest absolute Gasteiger partial charge is 0.274 e. The third-order valence-electron chi connectivity index (χ3n) is 5.16. The summed E-state index contributed by atoms with van der Waals surface area (Å²) in [4.78, 5) is 23.4. The quantitative estimate of drug-likeness (QED) is 0.713. The van der Waals surface area contributed by atoms with Crippen LogP contribution in [0, 0.1) is 13.8 Å². The van der Waals surface area contributed by atoms with Crippen LogP contribution in [0.15, 0.2) is 35.4 Å². The number of carbonyl (C=O) groups excluding carboxylic acids is 1. The van der Waals surface area contributed by atoms with E-state index in [-0.39, 0.29) is 11.8 Å². The zero-order valence-electron chi connectivity index (χ0n) is 15.8. The van der Waals surface area contributed by atoms with Crippen molar-refractivity contribution in [2.24, 2.45) is 7.05 Å². The lowest BCUT2D eigenvalue weighted by Crippen LogP contribution is -2.39. The van der Waals surface area contributed by atoms with Gasteiger partial charge in [-0.1, -0.05) is 11.2 Å². The number of nitrogens with zero attached hydrogens (tertiary/aromatic N) is 5. The number of pyridine rings is 1. The van der Waals surface area contributed by atoms with Crippen molar-refractivity contribution in [1.82, 2.24) is 24.6 Å². The lowest BCUT2D eigenvalue weighted by molar-refractivity contribution is 0.0700. The minimum absolute atomic E-state index is 0.00681. The average molecular weight is 365 g/mol. The molecule has 0 bridgehead atoms. The third kappa shape index (κ3) is 3.37. The van der Waals surface area contributed by atoms with Crippen LogP contribution in [0.5, 0.6) is 0 Å². The molecule has 1 atom stereocenters. The lowest BCUT2D eigenvalue weighted by atomic mass is 9.93. The van der Waals surface area contributed by atoms with Crippen LogP contribution in [0.4, 0.5) is 0 Å². The highest BCUT2D eigenvalue weighted by Crippen LogP contribution is 2.30. The van der Waals surface area contributed by atoms with E-state index in [1.54, 1.807) is 17.1 Å². The Morgan fingerprint density at radius 2 is 2.11 bits per heavy atom. The first kappa shape index (κ1) is 17.5. The van der Waals surface area contributed by atoms with Crippen LogP contribution in [0.1, 0.15) is 46.4 Å². The summed E-state index contributed by atoms with van der Waals surface area (Å²) < 4.78 is 7.05. The molecule has 3 aromatic heterocycles. The summed E-state index contributed by atoms with van der Waals surface area (Å²) in [6.45, 7) is 5.28. The van der Waals surface area contributed by atoms with E-state index in [0.717, 1.165) is 47.7 Å². The number of imidazole rings is 1. The van der Waals surface area contributed by atoms with Gasteiger partial charge in [0.1, 0.15) is 11.5 Å². The van der Waals surface area contributed by atoms with Crippen molar-refractivity contribution in [3.63, 3.8) is 0 Å². The van der Waals surface area contributed by atoms with Crippen LogP contribution < -0.4 is 0 Å². The van der Waals surface area contributed by atoms with Gasteiger partial charge in [-0.3, -0.25) is 9.78 Å². The Balaban J connectivity index is 1.51. The molecule has 1 aliphatic rings. The van der Waals surface area contributed by atoms with E-state index in [2.05, 4.69) is 27.3 Å². The van der Waals surface area contributed by atoms with Gasteiger partial charge in [-0.15, -0.1) is 0 Å². The molecule has 0 spiro atoms. The number of likely N-dealkylation sites (tertiary alicyclic amines) is 1. The van der Waals surface area contributed by atoms with Gasteiger partial charge < -0.3 is 14.0 Å². The molecule has 0 saturated carbocycles. The summed E-state index contributed by atoms with van der Waals surface area (Å²) in [6, 6.07) is 4.12. The van der Waals surface area contributed by atoms with E-state index in [4.69, 9.17) is 4.52 Å². The minimum Gasteiger partial charge on any atom is -0.361 e. The fourth-order valence-electron chi connectivity index (χ4n) is 3.78. The molecule has 1 saturated heterocycles. The summed E-state index contributed by atoms with van der Waals surface area (Å²) in [5.41, 5.74) is 4.40. The molecule has 27 heavy (non-hydrogen) atoms. The Morgan fingerprint density at radius 1 is 1.26 bits per heavy atom. The number of hydrogen-bond donors (Lipinski definition) is 0. The van der Waals surface area contributed by atoms with E-state index in [0.29, 0.717) is 12.2 Å². The molecule has 1 amide bonds. The maximum absolute atomic E-state index is 12.7. The molecule has 4 heterocycles. The first-order chi connectivity index (χ1) is 13.0. The number of aromatic nitrogens is 4. The second-order valence-electron chi connectivity index (χ2n) is 7.19. The lowest BCUT2D eigenvalue weighted by Gasteiger charge is -2.32. The highest BCUT2D eigenvalue weighted by Gasteiger charge is 2.27. The predicted molar refractivity (Wildman–Crippen MR) is 100 cm³/mol. The Morgan fingerprint density at radius 3 is 2.74 bits per heavy atom. The molecule has 3 aromatic rings. The maximum atomic E-state index is 12.7. The molecule has 0 unspecified atom stereocenters. The van der Waals surface area contributed by atoms with Gasteiger partial charge in [0, 0.05) is 55.3 Å². The fraction of sp³-hybridized carbons (Fsp3) is 0.400. The Labute approximate surface area is 158 Å². The first-order valence-electron chi connectivity index (χ1n) is 9.19. The summed E-state index contributed by atoms with van der Waals surface area (Å²) >= 11 is 0. The molecule has 1 fully saturated rings. The number of amides is 1. The van der Waals surface area contributed by atoms with Crippen molar-refractivity contribution in [3.05, 3.63) is 53.7 Å². The second kappa shape index (κ2) is 6.98. The van der Waals surface area contributed by atoms with Gasteiger partial charge in [0.2, 0.25) is 0 Å². The Bertz CT molecular complexity index is 938. The highest BCUT2D eigenvalue weighted by atomic mass is 16.5. The van der Waals surface area contributed by atoms with Gasteiger partial charge in [-0.05, 0) is 32.8 Å². The number of aryl methyl sites for hydroxylation is 3. The normalized spacial score (nSPS) is 17.3. The van der Waals surface area contributed by atoms with Gasteiger partial charge in [0.25, 0.3) is 5.91 Å². The van der Waals surface area contributed by atoms with Crippen LogP contribution in [-0.4, -0.2) is 43.6 Å². The molecule has 7 heteroatoms.